The summed E-state index contributed by atoms with van der Waals surface area (Å²) >= 11 is 0. The first-order valence-corrected chi connectivity index (χ1v) is 5.29. The van der Waals surface area contributed by atoms with Crippen LogP contribution in [-0.2, 0) is 6.54 Å². The van der Waals surface area contributed by atoms with Crippen LogP contribution in [0.3, 0.4) is 0 Å². The highest BCUT2D eigenvalue weighted by Crippen LogP contribution is 2.26. The second kappa shape index (κ2) is 4.57. The molecule has 0 saturated carbocycles. The Morgan fingerprint density at radius 2 is 2.12 bits per heavy atom. The van der Waals surface area contributed by atoms with Crippen LogP contribution < -0.4 is 11.3 Å². The van der Waals surface area contributed by atoms with Gasteiger partial charge in [-0.05, 0) is 20.2 Å². The third kappa shape index (κ3) is 2.15. The summed E-state index contributed by atoms with van der Waals surface area (Å²) in [7, 11) is 3.87. The number of benzene rings is 1. The molecule has 3 N–H and O–H groups in total. The minimum atomic E-state index is -0.405. The minimum absolute atomic E-state index is 0.280. The van der Waals surface area contributed by atoms with Crippen LogP contribution in [-0.4, -0.2) is 24.9 Å². The van der Waals surface area contributed by atoms with Crippen LogP contribution in [0.4, 0.5) is 0 Å². The van der Waals surface area contributed by atoms with Gasteiger partial charge in [-0.3, -0.25) is 10.2 Å². The molecule has 90 valence electrons. The van der Waals surface area contributed by atoms with Crippen molar-refractivity contribution in [3.05, 3.63) is 35.6 Å². The van der Waals surface area contributed by atoms with Gasteiger partial charge in [0.05, 0.1) is 0 Å². The summed E-state index contributed by atoms with van der Waals surface area (Å²) in [5.41, 5.74) is 3.66. The molecule has 1 heterocycles. The number of rotatable bonds is 3. The third-order valence-electron chi connectivity index (χ3n) is 2.51. The lowest BCUT2D eigenvalue weighted by Gasteiger charge is -2.09. The summed E-state index contributed by atoms with van der Waals surface area (Å²) in [5, 5.41) is 0.944. The third-order valence-corrected chi connectivity index (χ3v) is 2.51. The molecule has 0 aliphatic carbocycles. The molecule has 5 nitrogen and oxygen atoms in total. The maximum Gasteiger partial charge on any atom is 0.301 e. The van der Waals surface area contributed by atoms with Crippen molar-refractivity contribution >= 4 is 16.9 Å². The van der Waals surface area contributed by atoms with E-state index in [-0.39, 0.29) is 5.76 Å². The molecule has 2 rings (SSSR count). The number of nitrogens with two attached hydrogens (primary N) is 1. The lowest BCUT2D eigenvalue weighted by Crippen LogP contribution is -2.30. The molecule has 0 spiro atoms. The van der Waals surface area contributed by atoms with Gasteiger partial charge in [-0.15, -0.1) is 0 Å². The molecule has 0 radical (unpaired) electrons. The first-order valence-electron chi connectivity index (χ1n) is 5.29. The normalized spacial score (nSPS) is 11.1. The Labute approximate surface area is 99.1 Å². The molecule has 0 aliphatic rings. The monoisotopic (exact) mass is 233 g/mol. The molecule has 0 bridgehead atoms. The Bertz CT molecular complexity index is 546. The number of para-hydroxylation sites is 1. The predicted octanol–water partition coefficient (Wildman–Crippen LogP) is 1.10. The van der Waals surface area contributed by atoms with Crippen LogP contribution in [0.5, 0.6) is 0 Å². The number of nitrogens with zero attached hydrogens (tertiary/aromatic N) is 1. The fourth-order valence-electron chi connectivity index (χ4n) is 1.82. The Hall–Kier alpha value is -1.85. The fraction of sp³-hybridized carbons (Fsp3) is 0.250. The highest BCUT2D eigenvalue weighted by atomic mass is 16.3. The summed E-state index contributed by atoms with van der Waals surface area (Å²) in [5.74, 6) is 5.03. The van der Waals surface area contributed by atoms with Crippen molar-refractivity contribution in [1.29, 1.82) is 0 Å². The SMILES string of the molecule is CN(C)Cc1c(C(=O)NN)oc2ccccc12. The van der Waals surface area contributed by atoms with Crippen molar-refractivity contribution in [1.82, 2.24) is 10.3 Å². The zero-order chi connectivity index (χ0) is 12.4. The molecule has 1 aromatic heterocycles. The van der Waals surface area contributed by atoms with Crippen molar-refractivity contribution in [2.75, 3.05) is 14.1 Å². The maximum atomic E-state index is 11.6. The van der Waals surface area contributed by atoms with Gasteiger partial charge in [0.25, 0.3) is 0 Å². The number of fused-ring (bicyclic) bond motifs is 1. The molecule has 0 unspecified atom stereocenters. The zero-order valence-electron chi connectivity index (χ0n) is 9.86. The molecule has 1 amide bonds. The smallest absolute Gasteiger partial charge is 0.301 e. The average Bonchev–Trinajstić information content (AvgIpc) is 2.67. The van der Waals surface area contributed by atoms with Gasteiger partial charge in [-0.1, -0.05) is 18.2 Å². The molecule has 1 aromatic carbocycles. The van der Waals surface area contributed by atoms with E-state index >= 15 is 0 Å². The average molecular weight is 233 g/mol. The number of nitrogens with one attached hydrogen (secondary N) is 1. The quantitative estimate of drug-likeness (QED) is 0.473. The molecule has 2 aromatic rings. The fourth-order valence-corrected chi connectivity index (χ4v) is 1.82. The number of amides is 1. The van der Waals surface area contributed by atoms with E-state index in [4.69, 9.17) is 10.3 Å². The van der Waals surface area contributed by atoms with E-state index in [1.54, 1.807) is 0 Å². The van der Waals surface area contributed by atoms with Crippen LogP contribution in [0, 0.1) is 0 Å². The minimum Gasteiger partial charge on any atom is -0.451 e. The Morgan fingerprint density at radius 1 is 1.41 bits per heavy atom. The van der Waals surface area contributed by atoms with E-state index in [9.17, 15) is 4.79 Å². The highest BCUT2D eigenvalue weighted by Gasteiger charge is 2.19. The predicted molar refractivity (Wildman–Crippen MR) is 65.3 cm³/mol. The van der Waals surface area contributed by atoms with Crippen molar-refractivity contribution < 1.29 is 9.21 Å². The molecular formula is C12H15N3O2. The van der Waals surface area contributed by atoms with Crippen LogP contribution in [0.25, 0.3) is 11.0 Å². The van der Waals surface area contributed by atoms with E-state index < -0.39 is 5.91 Å². The van der Waals surface area contributed by atoms with Crippen LogP contribution in [0.2, 0.25) is 0 Å². The molecule has 0 atom stereocenters. The highest BCUT2D eigenvalue weighted by molar-refractivity contribution is 5.98. The van der Waals surface area contributed by atoms with Gasteiger partial charge < -0.3 is 9.32 Å². The van der Waals surface area contributed by atoms with Gasteiger partial charge in [0.2, 0.25) is 0 Å². The lowest BCUT2D eigenvalue weighted by atomic mass is 10.1. The molecule has 0 aliphatic heterocycles. The summed E-state index contributed by atoms with van der Waals surface area (Å²) in [6.45, 7) is 0.625. The van der Waals surface area contributed by atoms with Crippen molar-refractivity contribution in [3.8, 4) is 0 Å². The van der Waals surface area contributed by atoms with Crippen LogP contribution >= 0.6 is 0 Å². The molecule has 17 heavy (non-hydrogen) atoms. The summed E-state index contributed by atoms with van der Waals surface area (Å²) < 4.78 is 5.53. The number of hydrazine groups is 1. The zero-order valence-corrected chi connectivity index (χ0v) is 9.86. The van der Waals surface area contributed by atoms with Gasteiger partial charge in [0.1, 0.15) is 5.58 Å². The van der Waals surface area contributed by atoms with E-state index in [0.717, 1.165) is 10.9 Å². The number of nitrogen functional groups attached to an aromatic ring is 1. The first-order chi connectivity index (χ1) is 8.13. The Kier molecular flexibility index (Phi) is 3.12. The summed E-state index contributed by atoms with van der Waals surface area (Å²) in [6.07, 6.45) is 0. The number of carbonyl (C=O) groups excluding carboxylic acids is 1. The second-order valence-corrected chi connectivity index (χ2v) is 4.12. The van der Waals surface area contributed by atoms with E-state index in [0.29, 0.717) is 12.1 Å². The first kappa shape index (κ1) is 11.6. The van der Waals surface area contributed by atoms with Gasteiger partial charge in [0.15, 0.2) is 5.76 Å². The van der Waals surface area contributed by atoms with Gasteiger partial charge in [-0.2, -0.15) is 0 Å². The van der Waals surface area contributed by atoms with E-state index in [2.05, 4.69) is 5.43 Å². The topological polar surface area (TPSA) is 71.5 Å². The van der Waals surface area contributed by atoms with Gasteiger partial charge in [-0.25, -0.2) is 5.84 Å². The van der Waals surface area contributed by atoms with Crippen molar-refractivity contribution in [3.63, 3.8) is 0 Å². The maximum absolute atomic E-state index is 11.6. The number of carbonyl (C=O) groups is 1. The van der Waals surface area contributed by atoms with Gasteiger partial charge >= 0.3 is 5.91 Å². The van der Waals surface area contributed by atoms with Crippen molar-refractivity contribution in [2.45, 2.75) is 6.54 Å². The van der Waals surface area contributed by atoms with Crippen LogP contribution in [0.15, 0.2) is 28.7 Å². The molecule has 0 fully saturated rings. The Morgan fingerprint density at radius 3 is 2.76 bits per heavy atom. The number of hydrogen-bond acceptors (Lipinski definition) is 4. The number of hydrogen-bond donors (Lipinski definition) is 2. The van der Waals surface area contributed by atoms with E-state index in [1.165, 1.54) is 0 Å². The second-order valence-electron chi connectivity index (χ2n) is 4.12. The molecular weight excluding hydrogens is 218 g/mol. The standard InChI is InChI=1S/C12H15N3O2/c1-15(2)7-9-8-5-3-4-6-10(8)17-11(9)12(16)14-13/h3-6H,7,13H2,1-2H3,(H,14,16). The van der Waals surface area contributed by atoms with Crippen LogP contribution in [0.1, 0.15) is 16.1 Å². The summed E-state index contributed by atoms with van der Waals surface area (Å²) in [6, 6.07) is 7.56. The number of furan rings is 1. The summed E-state index contributed by atoms with van der Waals surface area (Å²) in [4.78, 5) is 13.6. The molecule has 0 saturated heterocycles. The largest absolute Gasteiger partial charge is 0.451 e. The lowest BCUT2D eigenvalue weighted by molar-refractivity contribution is 0.0926. The molecule has 5 heteroatoms. The van der Waals surface area contributed by atoms with Gasteiger partial charge in [0, 0.05) is 17.5 Å². The van der Waals surface area contributed by atoms with Crippen molar-refractivity contribution in [2.24, 2.45) is 5.84 Å². The van der Waals surface area contributed by atoms with E-state index in [1.807, 2.05) is 43.3 Å². The Balaban J connectivity index is 2.60.